The van der Waals surface area contributed by atoms with Crippen molar-refractivity contribution < 1.29 is 18.3 Å². The van der Waals surface area contributed by atoms with E-state index in [0.29, 0.717) is 13.1 Å². The second-order valence-electron chi connectivity index (χ2n) is 4.62. The highest BCUT2D eigenvalue weighted by Crippen LogP contribution is 2.09. The number of nitrogens with zero attached hydrogens (tertiary/aromatic N) is 3. The first-order chi connectivity index (χ1) is 9.97. The van der Waals surface area contributed by atoms with E-state index in [0.717, 1.165) is 35.5 Å². The Morgan fingerprint density at radius 1 is 1.43 bits per heavy atom. The van der Waals surface area contributed by atoms with Crippen molar-refractivity contribution in [1.82, 2.24) is 19.4 Å². The minimum Gasteiger partial charge on any atom is -0.480 e. The maximum atomic E-state index is 12.0. The molecule has 8 nitrogen and oxygen atoms in total. The number of carboxylic acid groups (broad SMARTS) is 1. The lowest BCUT2D eigenvalue weighted by atomic mass is 10.5. The summed E-state index contributed by atoms with van der Waals surface area (Å²) in [6.45, 7) is 2.59. The van der Waals surface area contributed by atoms with Gasteiger partial charge in [-0.1, -0.05) is 0 Å². The van der Waals surface area contributed by atoms with Crippen molar-refractivity contribution in [2.45, 2.75) is 11.4 Å². The number of hydrogen-bond donors (Lipinski definition) is 2. The van der Waals surface area contributed by atoms with Crippen LogP contribution < -0.4 is 4.72 Å². The van der Waals surface area contributed by atoms with Crippen LogP contribution in [0.4, 0.5) is 0 Å². The third kappa shape index (κ3) is 4.99. The van der Waals surface area contributed by atoms with Crippen LogP contribution >= 0.6 is 11.8 Å². The van der Waals surface area contributed by atoms with Crippen LogP contribution in [0.5, 0.6) is 0 Å². The van der Waals surface area contributed by atoms with Gasteiger partial charge in [-0.05, 0) is 0 Å². The smallest absolute Gasteiger partial charge is 0.325 e. The molecule has 1 aliphatic rings. The highest BCUT2D eigenvalue weighted by Gasteiger charge is 2.17. The topological polar surface area (TPSA) is 105 Å². The lowest BCUT2D eigenvalue weighted by molar-refractivity contribution is -0.137. The molecule has 21 heavy (non-hydrogen) atoms. The molecule has 0 saturated carbocycles. The van der Waals surface area contributed by atoms with Gasteiger partial charge in [0.15, 0.2) is 0 Å². The van der Waals surface area contributed by atoms with Gasteiger partial charge in [0.2, 0.25) is 10.0 Å². The van der Waals surface area contributed by atoms with Gasteiger partial charge < -0.3 is 10.0 Å². The van der Waals surface area contributed by atoms with E-state index in [1.165, 1.54) is 6.20 Å². The van der Waals surface area contributed by atoms with Gasteiger partial charge in [-0.3, -0.25) is 9.48 Å². The standard InChI is InChI=1S/C11H18N4O4S2/c16-11(17)9-15-8-10(7-12-15)21(18,19)13-1-2-14-3-5-20-6-4-14/h7-8,13H,1-6,9H2,(H,16,17). The molecule has 0 spiro atoms. The molecule has 0 amide bonds. The maximum Gasteiger partial charge on any atom is 0.325 e. The fraction of sp³-hybridized carbons (Fsp3) is 0.636. The summed E-state index contributed by atoms with van der Waals surface area (Å²) in [6.07, 6.45) is 2.37. The van der Waals surface area contributed by atoms with Gasteiger partial charge in [-0.15, -0.1) is 0 Å². The summed E-state index contributed by atoms with van der Waals surface area (Å²) in [5.74, 6) is 1.08. The van der Waals surface area contributed by atoms with Crippen molar-refractivity contribution in [2.75, 3.05) is 37.7 Å². The Hall–Kier alpha value is -1.10. The van der Waals surface area contributed by atoms with Gasteiger partial charge in [0, 0.05) is 43.9 Å². The van der Waals surface area contributed by atoms with Crippen LogP contribution in [0.25, 0.3) is 0 Å². The minimum absolute atomic E-state index is 0.0158. The second-order valence-corrected chi connectivity index (χ2v) is 7.61. The van der Waals surface area contributed by atoms with E-state index in [2.05, 4.69) is 14.7 Å². The molecular weight excluding hydrogens is 316 g/mol. The maximum absolute atomic E-state index is 12.0. The first-order valence-electron chi connectivity index (χ1n) is 6.51. The summed E-state index contributed by atoms with van der Waals surface area (Å²) in [5, 5.41) is 12.4. The lowest BCUT2D eigenvalue weighted by Crippen LogP contribution is -2.39. The van der Waals surface area contributed by atoms with Crippen LogP contribution in [-0.2, 0) is 21.4 Å². The molecular formula is C11H18N4O4S2. The van der Waals surface area contributed by atoms with Gasteiger partial charge in [0.05, 0.1) is 6.20 Å². The summed E-state index contributed by atoms with van der Waals surface area (Å²) in [6, 6.07) is 0. The molecule has 0 aliphatic carbocycles. The predicted octanol–water partition coefficient (Wildman–Crippen LogP) is -0.705. The number of aliphatic carboxylic acids is 1. The van der Waals surface area contributed by atoms with E-state index in [1.54, 1.807) is 0 Å². The zero-order valence-electron chi connectivity index (χ0n) is 11.4. The highest BCUT2D eigenvalue weighted by molar-refractivity contribution is 7.99. The molecule has 0 aromatic carbocycles. The molecule has 2 rings (SSSR count). The van der Waals surface area contributed by atoms with Gasteiger partial charge in [0.1, 0.15) is 11.4 Å². The Morgan fingerprint density at radius 2 is 2.14 bits per heavy atom. The monoisotopic (exact) mass is 334 g/mol. The van der Waals surface area contributed by atoms with E-state index in [9.17, 15) is 13.2 Å². The average Bonchev–Trinajstić information content (AvgIpc) is 2.88. The molecule has 118 valence electrons. The van der Waals surface area contributed by atoms with Crippen molar-refractivity contribution in [3.63, 3.8) is 0 Å². The van der Waals surface area contributed by atoms with Crippen LogP contribution in [-0.4, -0.2) is 71.9 Å². The summed E-state index contributed by atoms with van der Waals surface area (Å²) in [7, 11) is -3.63. The van der Waals surface area contributed by atoms with E-state index >= 15 is 0 Å². The van der Waals surface area contributed by atoms with Crippen molar-refractivity contribution in [2.24, 2.45) is 0 Å². The number of thioether (sulfide) groups is 1. The van der Waals surface area contributed by atoms with Crippen LogP contribution in [0.15, 0.2) is 17.3 Å². The van der Waals surface area contributed by atoms with Gasteiger partial charge in [-0.2, -0.15) is 16.9 Å². The number of carbonyl (C=O) groups is 1. The minimum atomic E-state index is -3.63. The first-order valence-corrected chi connectivity index (χ1v) is 9.15. The van der Waals surface area contributed by atoms with Crippen LogP contribution in [0.2, 0.25) is 0 Å². The molecule has 0 unspecified atom stereocenters. The summed E-state index contributed by atoms with van der Waals surface area (Å²) < 4.78 is 27.7. The molecule has 0 radical (unpaired) electrons. The molecule has 2 N–H and O–H groups in total. The average molecular weight is 334 g/mol. The van der Waals surface area contributed by atoms with Crippen molar-refractivity contribution in [3.05, 3.63) is 12.4 Å². The molecule has 0 bridgehead atoms. The lowest BCUT2D eigenvalue weighted by Gasteiger charge is -2.25. The van der Waals surface area contributed by atoms with Crippen molar-refractivity contribution in [3.8, 4) is 0 Å². The highest BCUT2D eigenvalue weighted by atomic mass is 32.2. The van der Waals surface area contributed by atoms with Crippen LogP contribution in [0.1, 0.15) is 0 Å². The number of rotatable bonds is 7. The van der Waals surface area contributed by atoms with E-state index < -0.39 is 16.0 Å². The Kier molecular flexibility index (Phi) is 5.62. The quantitative estimate of drug-likeness (QED) is 0.679. The number of sulfonamides is 1. The molecule has 1 aromatic heterocycles. The Bertz CT molecular complexity index is 581. The Balaban J connectivity index is 1.85. The molecule has 1 aromatic rings. The van der Waals surface area contributed by atoms with Gasteiger partial charge >= 0.3 is 5.97 Å². The largest absolute Gasteiger partial charge is 0.480 e. The zero-order chi connectivity index (χ0) is 15.3. The molecule has 1 aliphatic heterocycles. The third-order valence-electron chi connectivity index (χ3n) is 3.04. The number of carboxylic acids is 1. The van der Waals surface area contributed by atoms with Gasteiger partial charge in [0.25, 0.3) is 0 Å². The van der Waals surface area contributed by atoms with E-state index in [4.69, 9.17) is 5.11 Å². The fourth-order valence-electron chi connectivity index (χ4n) is 1.95. The summed E-state index contributed by atoms with van der Waals surface area (Å²) in [4.78, 5) is 12.7. The molecule has 1 fully saturated rings. The SMILES string of the molecule is O=C(O)Cn1cc(S(=O)(=O)NCCN2CCSCC2)cn1. The predicted molar refractivity (Wildman–Crippen MR) is 78.8 cm³/mol. The Morgan fingerprint density at radius 3 is 2.81 bits per heavy atom. The van der Waals surface area contributed by atoms with Crippen LogP contribution in [0.3, 0.4) is 0 Å². The van der Waals surface area contributed by atoms with Crippen LogP contribution in [0, 0.1) is 0 Å². The third-order valence-corrected chi connectivity index (χ3v) is 5.40. The first kappa shape index (κ1) is 16.3. The van der Waals surface area contributed by atoms with Crippen molar-refractivity contribution in [1.29, 1.82) is 0 Å². The summed E-state index contributed by atoms with van der Waals surface area (Å²) in [5.41, 5.74) is 0. The second kappa shape index (κ2) is 7.25. The normalized spacial score (nSPS) is 17.0. The molecule has 0 atom stereocenters. The molecule has 2 heterocycles. The molecule has 10 heteroatoms. The fourth-order valence-corrected chi connectivity index (χ4v) is 3.91. The molecule has 1 saturated heterocycles. The van der Waals surface area contributed by atoms with Crippen molar-refractivity contribution >= 4 is 27.8 Å². The van der Waals surface area contributed by atoms with E-state index in [1.807, 2.05) is 11.8 Å². The number of aromatic nitrogens is 2. The van der Waals surface area contributed by atoms with E-state index in [-0.39, 0.29) is 11.4 Å². The van der Waals surface area contributed by atoms with Gasteiger partial charge in [-0.25, -0.2) is 13.1 Å². The number of hydrogen-bond acceptors (Lipinski definition) is 6. The summed E-state index contributed by atoms with van der Waals surface area (Å²) >= 11 is 1.90. The zero-order valence-corrected chi connectivity index (χ0v) is 13.1. The Labute approximate surface area is 127 Å². The number of nitrogens with one attached hydrogen (secondary N) is 1.